The molecule has 0 bridgehead atoms. The standard InChI is InChI=1S/C14H14ClNO2/c15-12-7-14(18-8-9-5-10(17)6-9)16-13-4-2-1-3-11(12)13/h1-4,7,9-10,17H,5-6,8H2. The Balaban J connectivity index is 1.76. The maximum atomic E-state index is 9.21. The monoisotopic (exact) mass is 263 g/mol. The highest BCUT2D eigenvalue weighted by atomic mass is 35.5. The van der Waals surface area contributed by atoms with Crippen molar-refractivity contribution in [1.29, 1.82) is 0 Å². The van der Waals surface area contributed by atoms with Gasteiger partial charge >= 0.3 is 0 Å². The minimum Gasteiger partial charge on any atom is -0.477 e. The summed E-state index contributed by atoms with van der Waals surface area (Å²) in [6.07, 6.45) is 1.49. The Morgan fingerprint density at radius 3 is 2.89 bits per heavy atom. The number of nitrogens with zero attached hydrogens (tertiary/aromatic N) is 1. The first-order valence-electron chi connectivity index (χ1n) is 6.08. The van der Waals surface area contributed by atoms with Gasteiger partial charge in [0.15, 0.2) is 0 Å². The van der Waals surface area contributed by atoms with E-state index in [1.165, 1.54) is 0 Å². The number of hydrogen-bond donors (Lipinski definition) is 1. The van der Waals surface area contributed by atoms with Crippen LogP contribution in [0.5, 0.6) is 5.88 Å². The minimum atomic E-state index is -0.147. The molecule has 0 unspecified atom stereocenters. The molecular formula is C14H14ClNO2. The van der Waals surface area contributed by atoms with Crippen molar-refractivity contribution in [3.8, 4) is 5.88 Å². The summed E-state index contributed by atoms with van der Waals surface area (Å²) in [5, 5.41) is 10.8. The predicted molar refractivity (Wildman–Crippen MR) is 71.0 cm³/mol. The molecule has 1 aliphatic carbocycles. The Morgan fingerprint density at radius 2 is 2.11 bits per heavy atom. The first-order valence-corrected chi connectivity index (χ1v) is 6.46. The lowest BCUT2D eigenvalue weighted by Crippen LogP contribution is -2.32. The summed E-state index contributed by atoms with van der Waals surface area (Å²) in [5.41, 5.74) is 0.841. The summed E-state index contributed by atoms with van der Waals surface area (Å²) in [6.45, 7) is 0.596. The number of rotatable bonds is 3. The number of halogens is 1. The molecule has 1 aliphatic rings. The van der Waals surface area contributed by atoms with Crippen LogP contribution < -0.4 is 4.74 Å². The summed E-state index contributed by atoms with van der Waals surface area (Å²) in [7, 11) is 0. The Morgan fingerprint density at radius 1 is 1.33 bits per heavy atom. The third-order valence-corrected chi connectivity index (χ3v) is 3.63. The maximum absolute atomic E-state index is 9.21. The maximum Gasteiger partial charge on any atom is 0.215 e. The SMILES string of the molecule is OC1CC(COc2cc(Cl)c3ccccc3n2)C1. The van der Waals surface area contributed by atoms with E-state index in [0.29, 0.717) is 23.4 Å². The van der Waals surface area contributed by atoms with Crippen LogP contribution in [-0.4, -0.2) is 22.8 Å². The molecular weight excluding hydrogens is 250 g/mol. The summed E-state index contributed by atoms with van der Waals surface area (Å²) in [6, 6.07) is 9.47. The average molecular weight is 264 g/mol. The number of aromatic nitrogens is 1. The normalized spacial score (nSPS) is 22.8. The van der Waals surface area contributed by atoms with E-state index in [9.17, 15) is 5.11 Å². The Labute approximate surface area is 110 Å². The van der Waals surface area contributed by atoms with Crippen LogP contribution in [0.2, 0.25) is 5.02 Å². The Bertz CT molecular complexity index is 567. The third-order valence-electron chi connectivity index (χ3n) is 3.32. The fraction of sp³-hybridized carbons (Fsp3) is 0.357. The fourth-order valence-corrected chi connectivity index (χ4v) is 2.48. The van der Waals surface area contributed by atoms with E-state index in [-0.39, 0.29) is 6.10 Å². The molecule has 94 valence electrons. The van der Waals surface area contributed by atoms with Gasteiger partial charge in [-0.25, -0.2) is 4.98 Å². The van der Waals surface area contributed by atoms with Gasteiger partial charge in [0.1, 0.15) is 0 Å². The van der Waals surface area contributed by atoms with E-state index in [4.69, 9.17) is 16.3 Å². The Kier molecular flexibility index (Phi) is 3.10. The van der Waals surface area contributed by atoms with Gasteiger partial charge in [0.2, 0.25) is 5.88 Å². The first kappa shape index (κ1) is 11.8. The second-order valence-corrected chi connectivity index (χ2v) is 5.17. The molecule has 3 nitrogen and oxygen atoms in total. The van der Waals surface area contributed by atoms with Crippen LogP contribution in [0.1, 0.15) is 12.8 Å². The van der Waals surface area contributed by atoms with Crippen LogP contribution in [0.3, 0.4) is 0 Å². The van der Waals surface area contributed by atoms with Gasteiger partial charge in [0.25, 0.3) is 0 Å². The van der Waals surface area contributed by atoms with Gasteiger partial charge < -0.3 is 9.84 Å². The van der Waals surface area contributed by atoms with E-state index in [2.05, 4.69) is 4.98 Å². The van der Waals surface area contributed by atoms with Crippen LogP contribution in [0.25, 0.3) is 10.9 Å². The fourth-order valence-electron chi connectivity index (χ4n) is 2.22. The minimum absolute atomic E-state index is 0.147. The van der Waals surface area contributed by atoms with Crippen molar-refractivity contribution in [2.24, 2.45) is 5.92 Å². The van der Waals surface area contributed by atoms with Gasteiger partial charge in [-0.3, -0.25) is 0 Å². The summed E-state index contributed by atoms with van der Waals surface area (Å²) in [5.74, 6) is 0.993. The summed E-state index contributed by atoms with van der Waals surface area (Å²) in [4.78, 5) is 4.42. The zero-order valence-electron chi connectivity index (χ0n) is 9.84. The van der Waals surface area contributed by atoms with Gasteiger partial charge in [-0.1, -0.05) is 29.8 Å². The molecule has 0 spiro atoms. The van der Waals surface area contributed by atoms with Crippen LogP contribution in [0.15, 0.2) is 30.3 Å². The zero-order valence-corrected chi connectivity index (χ0v) is 10.6. The molecule has 1 aromatic carbocycles. The lowest BCUT2D eigenvalue weighted by atomic mass is 9.83. The van der Waals surface area contributed by atoms with Crippen molar-refractivity contribution < 1.29 is 9.84 Å². The summed E-state index contributed by atoms with van der Waals surface area (Å²) < 4.78 is 5.64. The zero-order chi connectivity index (χ0) is 12.5. The number of para-hydroxylation sites is 1. The number of benzene rings is 1. The third kappa shape index (κ3) is 2.28. The number of hydrogen-bond acceptors (Lipinski definition) is 3. The van der Waals surface area contributed by atoms with Crippen LogP contribution in [-0.2, 0) is 0 Å². The van der Waals surface area contributed by atoms with Gasteiger partial charge in [-0.05, 0) is 24.8 Å². The predicted octanol–water partition coefficient (Wildman–Crippen LogP) is 3.04. The number of ether oxygens (including phenoxy) is 1. The second-order valence-electron chi connectivity index (χ2n) is 4.76. The van der Waals surface area contributed by atoms with Crippen molar-refractivity contribution in [3.05, 3.63) is 35.4 Å². The smallest absolute Gasteiger partial charge is 0.215 e. The van der Waals surface area contributed by atoms with Crippen LogP contribution in [0, 0.1) is 5.92 Å². The van der Waals surface area contributed by atoms with E-state index in [1.54, 1.807) is 6.07 Å². The number of pyridine rings is 1. The van der Waals surface area contributed by atoms with E-state index in [1.807, 2.05) is 24.3 Å². The molecule has 2 aromatic rings. The molecule has 1 fully saturated rings. The quantitative estimate of drug-likeness (QED) is 0.926. The molecule has 1 aromatic heterocycles. The highest BCUT2D eigenvalue weighted by Gasteiger charge is 2.27. The number of aliphatic hydroxyl groups is 1. The Hall–Kier alpha value is -1.32. The van der Waals surface area contributed by atoms with Crippen molar-refractivity contribution in [2.75, 3.05) is 6.61 Å². The van der Waals surface area contributed by atoms with E-state index in [0.717, 1.165) is 23.7 Å². The van der Waals surface area contributed by atoms with Crippen LogP contribution in [0.4, 0.5) is 0 Å². The summed E-state index contributed by atoms with van der Waals surface area (Å²) >= 11 is 6.19. The molecule has 1 N–H and O–H groups in total. The highest BCUT2D eigenvalue weighted by Crippen LogP contribution is 2.29. The topological polar surface area (TPSA) is 42.4 Å². The molecule has 0 aliphatic heterocycles. The molecule has 0 amide bonds. The van der Waals surface area contributed by atoms with Crippen LogP contribution >= 0.6 is 11.6 Å². The lowest BCUT2D eigenvalue weighted by molar-refractivity contribution is 0.0195. The van der Waals surface area contributed by atoms with Gasteiger partial charge in [0, 0.05) is 11.5 Å². The van der Waals surface area contributed by atoms with E-state index < -0.39 is 0 Å². The lowest BCUT2D eigenvalue weighted by Gasteiger charge is -2.30. The highest BCUT2D eigenvalue weighted by molar-refractivity contribution is 6.35. The first-order chi connectivity index (χ1) is 8.72. The molecule has 0 saturated heterocycles. The van der Waals surface area contributed by atoms with Crippen molar-refractivity contribution in [2.45, 2.75) is 18.9 Å². The number of aliphatic hydroxyl groups excluding tert-OH is 1. The van der Waals surface area contributed by atoms with Crippen molar-refractivity contribution in [1.82, 2.24) is 4.98 Å². The molecule has 4 heteroatoms. The molecule has 0 atom stereocenters. The number of fused-ring (bicyclic) bond motifs is 1. The molecule has 18 heavy (non-hydrogen) atoms. The average Bonchev–Trinajstić information content (AvgIpc) is 2.33. The molecule has 1 saturated carbocycles. The molecule has 1 heterocycles. The van der Waals surface area contributed by atoms with Gasteiger partial charge in [0.05, 0.1) is 23.3 Å². The van der Waals surface area contributed by atoms with Crippen molar-refractivity contribution >= 4 is 22.5 Å². The largest absolute Gasteiger partial charge is 0.477 e. The van der Waals surface area contributed by atoms with Gasteiger partial charge in [-0.2, -0.15) is 0 Å². The molecule has 0 radical (unpaired) electrons. The van der Waals surface area contributed by atoms with Gasteiger partial charge in [-0.15, -0.1) is 0 Å². The van der Waals surface area contributed by atoms with Crippen molar-refractivity contribution in [3.63, 3.8) is 0 Å². The van der Waals surface area contributed by atoms with E-state index >= 15 is 0 Å². The molecule has 3 rings (SSSR count). The second kappa shape index (κ2) is 4.75.